The Balaban J connectivity index is 2.18. The van der Waals surface area contributed by atoms with Gasteiger partial charge in [0.2, 0.25) is 0 Å². The van der Waals surface area contributed by atoms with Gasteiger partial charge in [0.1, 0.15) is 0 Å². The predicted octanol–water partition coefficient (Wildman–Crippen LogP) is 1.82. The van der Waals surface area contributed by atoms with E-state index in [0.29, 0.717) is 0 Å². The Bertz CT molecular complexity index is 90.7. The van der Waals surface area contributed by atoms with E-state index in [2.05, 4.69) is 24.1 Å². The van der Waals surface area contributed by atoms with Crippen molar-refractivity contribution in [2.75, 3.05) is 13.1 Å². The lowest BCUT2D eigenvalue weighted by Crippen LogP contribution is -2.09. The Hall–Kier alpha value is -0.460. The molecule has 0 saturated carbocycles. The fourth-order valence-corrected chi connectivity index (χ4v) is 1.11. The van der Waals surface area contributed by atoms with Crippen LogP contribution in [0.5, 0.6) is 0 Å². The Kier molecular flexibility index (Phi) is 2.62. The van der Waals surface area contributed by atoms with Gasteiger partial charge in [0.15, 0.2) is 0 Å². The van der Waals surface area contributed by atoms with Crippen molar-refractivity contribution in [3.63, 3.8) is 0 Å². The highest BCUT2D eigenvalue weighted by atomic mass is 15.1. The molecule has 0 spiro atoms. The quantitative estimate of drug-likeness (QED) is 0.542. The van der Waals surface area contributed by atoms with Crippen LogP contribution in [0.2, 0.25) is 0 Å². The molecule has 0 N–H and O–H groups in total. The van der Waals surface area contributed by atoms with Crippen molar-refractivity contribution < 1.29 is 0 Å². The molecule has 1 rings (SSSR count). The zero-order valence-electron chi connectivity index (χ0n) is 5.84. The van der Waals surface area contributed by atoms with E-state index in [1.54, 1.807) is 0 Å². The number of allylic oxidation sites excluding steroid dienone is 1. The first kappa shape index (κ1) is 6.66. The molecule has 1 heterocycles. The summed E-state index contributed by atoms with van der Waals surface area (Å²) < 4.78 is 0. The summed E-state index contributed by atoms with van der Waals surface area (Å²) in [5.74, 6) is 0. The predicted molar refractivity (Wildman–Crippen MR) is 39.9 cm³/mol. The summed E-state index contributed by atoms with van der Waals surface area (Å²) >= 11 is 0. The molecular formula is C8H14N. The molecule has 1 saturated heterocycles. The molecule has 0 aliphatic carbocycles. The molecule has 0 atom stereocenters. The molecule has 1 nitrogen and oxygen atoms in total. The average Bonchev–Trinajstić information content (AvgIpc) is 2.34. The summed E-state index contributed by atoms with van der Waals surface area (Å²) in [7, 11) is 0. The Morgan fingerprint density at radius 1 is 1.33 bits per heavy atom. The molecule has 0 unspecified atom stereocenters. The number of hydrogen-bond acceptors (Lipinski definition) is 1. The van der Waals surface area contributed by atoms with Crippen LogP contribution in [0.15, 0.2) is 12.3 Å². The second-order valence-electron chi connectivity index (χ2n) is 2.42. The lowest BCUT2D eigenvalue weighted by molar-refractivity contribution is 0.467. The van der Waals surface area contributed by atoms with Gasteiger partial charge in [-0.1, -0.05) is 6.08 Å². The van der Waals surface area contributed by atoms with Crippen molar-refractivity contribution in [1.82, 2.24) is 4.90 Å². The van der Waals surface area contributed by atoms with Crippen molar-refractivity contribution >= 4 is 0 Å². The monoisotopic (exact) mass is 124 g/mol. The Morgan fingerprint density at radius 3 is 2.56 bits per heavy atom. The number of nitrogens with zero attached hydrogens (tertiary/aromatic N) is 1. The molecule has 0 aromatic heterocycles. The van der Waals surface area contributed by atoms with Crippen LogP contribution in [-0.4, -0.2) is 18.0 Å². The van der Waals surface area contributed by atoms with E-state index in [-0.39, 0.29) is 0 Å². The lowest BCUT2D eigenvalue weighted by Gasteiger charge is -2.09. The summed E-state index contributed by atoms with van der Waals surface area (Å²) in [4.78, 5) is 2.35. The molecule has 1 aliphatic heterocycles. The Labute approximate surface area is 57.4 Å². The topological polar surface area (TPSA) is 3.24 Å². The maximum absolute atomic E-state index is 3.73. The summed E-state index contributed by atoms with van der Waals surface area (Å²) in [5, 5.41) is 0. The van der Waals surface area contributed by atoms with E-state index in [1.165, 1.54) is 25.9 Å². The smallest absolute Gasteiger partial charge is 0.0173 e. The van der Waals surface area contributed by atoms with Crippen LogP contribution < -0.4 is 0 Å². The minimum atomic E-state index is 0.913. The van der Waals surface area contributed by atoms with Crippen molar-refractivity contribution in [2.24, 2.45) is 0 Å². The average molecular weight is 124 g/mol. The second kappa shape index (κ2) is 3.54. The SMILES string of the molecule is [CH2]CC=CN1CCCC1. The number of hydrogen-bond donors (Lipinski definition) is 0. The fraction of sp³-hybridized carbons (Fsp3) is 0.625. The van der Waals surface area contributed by atoms with Crippen LogP contribution in [0.25, 0.3) is 0 Å². The first-order valence-electron chi connectivity index (χ1n) is 3.63. The fourth-order valence-electron chi connectivity index (χ4n) is 1.11. The number of rotatable bonds is 2. The van der Waals surface area contributed by atoms with Crippen LogP contribution in [0, 0.1) is 6.92 Å². The minimum absolute atomic E-state index is 0.913. The standard InChI is InChI=1S/C8H14N/c1-2-3-6-9-7-4-5-8-9/h3,6H,1-2,4-5,7-8H2. The zero-order valence-corrected chi connectivity index (χ0v) is 5.84. The maximum atomic E-state index is 3.73. The van der Waals surface area contributed by atoms with Gasteiger partial charge in [-0.25, -0.2) is 0 Å². The van der Waals surface area contributed by atoms with Gasteiger partial charge >= 0.3 is 0 Å². The zero-order chi connectivity index (χ0) is 6.53. The highest BCUT2D eigenvalue weighted by Crippen LogP contribution is 2.06. The summed E-state index contributed by atoms with van der Waals surface area (Å²) in [6, 6.07) is 0. The third-order valence-electron chi connectivity index (χ3n) is 1.62. The van der Waals surface area contributed by atoms with Crippen LogP contribution >= 0.6 is 0 Å². The molecule has 0 amide bonds. The molecule has 9 heavy (non-hydrogen) atoms. The summed E-state index contributed by atoms with van der Waals surface area (Å²) in [6.07, 6.45) is 7.92. The van der Waals surface area contributed by atoms with E-state index in [9.17, 15) is 0 Å². The van der Waals surface area contributed by atoms with Crippen LogP contribution in [0.1, 0.15) is 19.3 Å². The second-order valence-corrected chi connectivity index (χ2v) is 2.42. The molecule has 1 aliphatic rings. The van der Waals surface area contributed by atoms with Gasteiger partial charge in [-0.05, 0) is 32.4 Å². The van der Waals surface area contributed by atoms with Gasteiger partial charge in [0.05, 0.1) is 0 Å². The van der Waals surface area contributed by atoms with Gasteiger partial charge in [0, 0.05) is 13.1 Å². The molecule has 1 radical (unpaired) electrons. The van der Waals surface area contributed by atoms with Crippen molar-refractivity contribution in [2.45, 2.75) is 19.3 Å². The van der Waals surface area contributed by atoms with Gasteiger partial charge in [-0.2, -0.15) is 0 Å². The summed E-state index contributed by atoms with van der Waals surface area (Å²) in [6.45, 7) is 6.23. The lowest BCUT2D eigenvalue weighted by atomic mass is 10.4. The van der Waals surface area contributed by atoms with Crippen LogP contribution in [0.3, 0.4) is 0 Å². The third kappa shape index (κ3) is 2.08. The van der Waals surface area contributed by atoms with Gasteiger partial charge in [0.25, 0.3) is 0 Å². The first-order chi connectivity index (χ1) is 4.43. The van der Waals surface area contributed by atoms with E-state index < -0.39 is 0 Å². The van der Waals surface area contributed by atoms with Crippen molar-refractivity contribution in [3.05, 3.63) is 19.2 Å². The normalized spacial score (nSPS) is 19.9. The first-order valence-corrected chi connectivity index (χ1v) is 3.63. The molecule has 0 aromatic carbocycles. The number of likely N-dealkylation sites (tertiary alicyclic amines) is 1. The Morgan fingerprint density at radius 2 is 2.00 bits per heavy atom. The van der Waals surface area contributed by atoms with Gasteiger partial charge < -0.3 is 4.90 Å². The molecule has 0 bridgehead atoms. The summed E-state index contributed by atoms with van der Waals surface area (Å²) in [5.41, 5.74) is 0. The molecular weight excluding hydrogens is 110 g/mol. The van der Waals surface area contributed by atoms with E-state index in [0.717, 1.165) is 6.42 Å². The van der Waals surface area contributed by atoms with Gasteiger partial charge in [-0.15, -0.1) is 0 Å². The van der Waals surface area contributed by atoms with E-state index >= 15 is 0 Å². The van der Waals surface area contributed by atoms with Crippen molar-refractivity contribution in [3.8, 4) is 0 Å². The van der Waals surface area contributed by atoms with Crippen LogP contribution in [0.4, 0.5) is 0 Å². The highest BCUT2D eigenvalue weighted by Gasteiger charge is 2.04. The van der Waals surface area contributed by atoms with Gasteiger partial charge in [-0.3, -0.25) is 0 Å². The molecule has 0 aromatic rings. The van der Waals surface area contributed by atoms with E-state index in [4.69, 9.17) is 0 Å². The van der Waals surface area contributed by atoms with Crippen molar-refractivity contribution in [1.29, 1.82) is 0 Å². The minimum Gasteiger partial charge on any atom is -0.378 e. The molecule has 1 heteroatoms. The molecule has 51 valence electrons. The van der Waals surface area contributed by atoms with E-state index in [1.807, 2.05) is 0 Å². The largest absolute Gasteiger partial charge is 0.378 e. The molecule has 1 fully saturated rings. The van der Waals surface area contributed by atoms with Crippen LogP contribution in [-0.2, 0) is 0 Å². The highest BCUT2D eigenvalue weighted by molar-refractivity contribution is 4.85. The third-order valence-corrected chi connectivity index (χ3v) is 1.62. The maximum Gasteiger partial charge on any atom is 0.0173 e.